The maximum Gasteiger partial charge on any atom is 0.329 e. The van der Waals surface area contributed by atoms with Crippen molar-refractivity contribution in [1.29, 1.82) is 0 Å². The number of ether oxygens (including phenoxy) is 3. The number of rotatable bonds is 8. The van der Waals surface area contributed by atoms with E-state index >= 15 is 0 Å². The van der Waals surface area contributed by atoms with Gasteiger partial charge >= 0.3 is 5.69 Å². The maximum atomic E-state index is 13.1. The van der Waals surface area contributed by atoms with Gasteiger partial charge in [-0.15, -0.1) is 0 Å². The molecule has 0 radical (unpaired) electrons. The molecule has 0 spiro atoms. The third kappa shape index (κ3) is 4.36. The van der Waals surface area contributed by atoms with Crippen molar-refractivity contribution in [3.05, 3.63) is 46.6 Å². The van der Waals surface area contributed by atoms with Gasteiger partial charge in [-0.25, -0.2) is 14.8 Å². The zero-order valence-corrected chi connectivity index (χ0v) is 21.5. The summed E-state index contributed by atoms with van der Waals surface area (Å²) in [5.41, 5.74) is 4.93. The molecule has 4 aromatic rings. The van der Waals surface area contributed by atoms with Crippen LogP contribution in [0.3, 0.4) is 0 Å². The van der Waals surface area contributed by atoms with Gasteiger partial charge in [0.2, 0.25) is 5.88 Å². The number of piperidine rings is 1. The number of hydrogen-bond acceptors (Lipinski definition) is 7. The minimum Gasteiger partial charge on any atom is -0.490 e. The van der Waals surface area contributed by atoms with Crippen molar-refractivity contribution in [3.63, 3.8) is 0 Å². The summed E-state index contributed by atoms with van der Waals surface area (Å²) in [7, 11) is 3.42. The lowest BCUT2D eigenvalue weighted by atomic mass is 10.0. The van der Waals surface area contributed by atoms with E-state index in [1.54, 1.807) is 23.3 Å². The Morgan fingerprint density at radius 3 is 2.70 bits per heavy atom. The van der Waals surface area contributed by atoms with Gasteiger partial charge in [0.05, 0.1) is 47.4 Å². The second kappa shape index (κ2) is 10.1. The first-order chi connectivity index (χ1) is 18.2. The van der Waals surface area contributed by atoms with Gasteiger partial charge in [-0.3, -0.25) is 9.13 Å². The molecule has 0 aliphatic carbocycles. The van der Waals surface area contributed by atoms with Gasteiger partial charge in [0.25, 0.3) is 0 Å². The van der Waals surface area contributed by atoms with E-state index in [1.807, 2.05) is 30.5 Å². The van der Waals surface area contributed by atoms with Gasteiger partial charge in [0.1, 0.15) is 12.4 Å². The number of nitrogens with zero attached hydrogens (tertiary/aromatic N) is 5. The van der Waals surface area contributed by atoms with E-state index < -0.39 is 0 Å². The first kappa shape index (κ1) is 23.9. The van der Waals surface area contributed by atoms with Gasteiger partial charge in [-0.1, -0.05) is 6.42 Å². The highest BCUT2D eigenvalue weighted by Crippen LogP contribution is 2.41. The molecule has 0 saturated carbocycles. The van der Waals surface area contributed by atoms with Gasteiger partial charge in [0, 0.05) is 44.1 Å². The second-order valence-electron chi connectivity index (χ2n) is 9.86. The number of hydrogen-bond donors (Lipinski definition) is 0. The lowest BCUT2D eigenvalue weighted by molar-refractivity contribution is 0.182. The minimum absolute atomic E-state index is 0.0769. The highest BCUT2D eigenvalue weighted by molar-refractivity contribution is 6.10. The number of aryl methyl sites for hydroxylation is 1. The Bertz CT molecular complexity index is 1490. The van der Waals surface area contributed by atoms with E-state index in [0.717, 1.165) is 57.5 Å². The van der Waals surface area contributed by atoms with E-state index in [2.05, 4.69) is 9.88 Å². The first-order valence-corrected chi connectivity index (χ1v) is 13.1. The number of benzene rings is 1. The van der Waals surface area contributed by atoms with Gasteiger partial charge in [-0.05, 0) is 50.6 Å². The summed E-state index contributed by atoms with van der Waals surface area (Å²) in [6, 6.07) is 7.92. The smallest absolute Gasteiger partial charge is 0.329 e. The molecule has 1 saturated heterocycles. The summed E-state index contributed by atoms with van der Waals surface area (Å²) < 4.78 is 21.0. The van der Waals surface area contributed by atoms with E-state index in [9.17, 15) is 4.79 Å². The second-order valence-corrected chi connectivity index (χ2v) is 9.86. The minimum atomic E-state index is -0.0769. The van der Waals surface area contributed by atoms with Crippen molar-refractivity contribution in [3.8, 4) is 22.8 Å². The Hall–Kier alpha value is -3.43. The van der Waals surface area contributed by atoms with Gasteiger partial charge in [0.15, 0.2) is 0 Å². The Balaban J connectivity index is 1.30. The Morgan fingerprint density at radius 2 is 1.92 bits per heavy atom. The Morgan fingerprint density at radius 1 is 1.05 bits per heavy atom. The number of likely N-dealkylation sites (tertiary alicyclic amines) is 1. The molecule has 1 fully saturated rings. The first-order valence-electron chi connectivity index (χ1n) is 13.1. The van der Waals surface area contributed by atoms with Crippen molar-refractivity contribution in [1.82, 2.24) is 24.0 Å². The predicted molar refractivity (Wildman–Crippen MR) is 142 cm³/mol. The van der Waals surface area contributed by atoms with Crippen LogP contribution < -0.4 is 15.2 Å². The van der Waals surface area contributed by atoms with Crippen LogP contribution in [0, 0.1) is 0 Å². The molecule has 2 aliphatic heterocycles. The Kier molecular flexibility index (Phi) is 6.56. The van der Waals surface area contributed by atoms with Crippen molar-refractivity contribution >= 4 is 21.9 Å². The molecule has 1 aromatic carbocycles. The average Bonchev–Trinajstić information content (AvgIpc) is 3.05. The fourth-order valence-corrected chi connectivity index (χ4v) is 5.67. The number of methoxy groups -OCH3 is 1. The van der Waals surface area contributed by atoms with Crippen LogP contribution in [0.25, 0.3) is 33.1 Å². The number of aromatic nitrogens is 4. The zero-order chi connectivity index (χ0) is 25.4. The molecule has 0 unspecified atom stereocenters. The van der Waals surface area contributed by atoms with Crippen LogP contribution in [0.2, 0.25) is 0 Å². The highest BCUT2D eigenvalue weighted by atomic mass is 16.5. The molecule has 0 atom stereocenters. The predicted octanol–water partition coefficient (Wildman–Crippen LogP) is 3.74. The molecule has 2 aliphatic rings. The largest absolute Gasteiger partial charge is 0.490 e. The van der Waals surface area contributed by atoms with Crippen molar-refractivity contribution in [2.24, 2.45) is 7.05 Å². The van der Waals surface area contributed by atoms with E-state index in [-0.39, 0.29) is 5.69 Å². The van der Waals surface area contributed by atoms with Crippen LogP contribution in [0.15, 0.2) is 35.3 Å². The van der Waals surface area contributed by atoms with Crippen molar-refractivity contribution in [2.75, 3.05) is 40.0 Å². The molecule has 9 heteroatoms. The molecular weight excluding hydrogens is 470 g/mol. The van der Waals surface area contributed by atoms with Crippen molar-refractivity contribution in [2.45, 2.75) is 38.8 Å². The summed E-state index contributed by atoms with van der Waals surface area (Å²) in [5, 5.41) is 0.848. The lowest BCUT2D eigenvalue weighted by Gasteiger charge is -2.26. The third-order valence-corrected chi connectivity index (χ3v) is 7.46. The quantitative estimate of drug-likeness (QED) is 0.339. The Labute approximate surface area is 215 Å². The maximum absolute atomic E-state index is 13.1. The molecule has 0 amide bonds. The van der Waals surface area contributed by atoms with Crippen LogP contribution >= 0.6 is 0 Å². The fourth-order valence-electron chi connectivity index (χ4n) is 5.67. The highest BCUT2D eigenvalue weighted by Gasteiger charge is 2.25. The standard InChI is InChI=1S/C28H33N5O4/c1-31-25-22(18-35-2)30-21-9-8-20(27-24(21)26(25)33(28(31)34)14-16-37-27)19-7-10-23(29-17-19)36-15-6-13-32-11-4-3-5-12-32/h7-10,17H,3-6,11-16,18H2,1-2H3. The van der Waals surface area contributed by atoms with E-state index in [0.29, 0.717) is 32.2 Å². The summed E-state index contributed by atoms with van der Waals surface area (Å²) in [6.45, 7) is 5.34. The zero-order valence-electron chi connectivity index (χ0n) is 21.5. The summed E-state index contributed by atoms with van der Waals surface area (Å²) in [4.78, 5) is 25.0. The third-order valence-electron chi connectivity index (χ3n) is 7.46. The molecule has 3 aromatic heterocycles. The SMILES string of the molecule is COCc1nc2ccc(-c3ccc(OCCCN4CCCCC4)nc3)c3c2c2c1n(C)c(=O)n2CCO3. The number of imidazole rings is 1. The molecule has 9 nitrogen and oxygen atoms in total. The molecule has 0 bridgehead atoms. The molecule has 194 valence electrons. The van der Waals surface area contributed by atoms with E-state index in [1.165, 1.54) is 32.4 Å². The molecule has 37 heavy (non-hydrogen) atoms. The lowest BCUT2D eigenvalue weighted by Crippen LogP contribution is -2.31. The van der Waals surface area contributed by atoms with Crippen molar-refractivity contribution < 1.29 is 14.2 Å². The number of pyridine rings is 2. The van der Waals surface area contributed by atoms with E-state index in [4.69, 9.17) is 19.2 Å². The topological polar surface area (TPSA) is 83.6 Å². The summed E-state index contributed by atoms with van der Waals surface area (Å²) in [6.07, 6.45) is 6.80. The molecule has 5 heterocycles. The van der Waals surface area contributed by atoms with Crippen LogP contribution in [0.4, 0.5) is 0 Å². The molecular formula is C28H33N5O4. The van der Waals surface area contributed by atoms with Crippen LogP contribution in [-0.2, 0) is 24.9 Å². The van der Waals surface area contributed by atoms with Crippen LogP contribution in [0.1, 0.15) is 31.4 Å². The van der Waals surface area contributed by atoms with Gasteiger partial charge < -0.3 is 19.1 Å². The summed E-state index contributed by atoms with van der Waals surface area (Å²) >= 11 is 0. The average molecular weight is 504 g/mol. The molecule has 6 rings (SSSR count). The van der Waals surface area contributed by atoms with Crippen LogP contribution in [0.5, 0.6) is 11.6 Å². The normalized spacial score (nSPS) is 15.8. The monoisotopic (exact) mass is 503 g/mol. The molecule has 0 N–H and O–H groups in total. The van der Waals surface area contributed by atoms with Crippen LogP contribution in [-0.4, -0.2) is 64.0 Å². The van der Waals surface area contributed by atoms with Gasteiger partial charge in [-0.2, -0.15) is 0 Å². The summed E-state index contributed by atoms with van der Waals surface area (Å²) in [5.74, 6) is 1.35. The fraction of sp³-hybridized carbons (Fsp3) is 0.464.